The summed E-state index contributed by atoms with van der Waals surface area (Å²) in [5.41, 5.74) is 3.95. The molecule has 0 fully saturated rings. The van der Waals surface area contributed by atoms with Crippen LogP contribution >= 0.6 is 0 Å². The monoisotopic (exact) mass is 320 g/mol. The van der Waals surface area contributed by atoms with Gasteiger partial charge in [0.2, 0.25) is 0 Å². The molecule has 0 bridgehead atoms. The summed E-state index contributed by atoms with van der Waals surface area (Å²) in [5, 5.41) is 3.97. The Labute approximate surface area is 141 Å². The molecule has 0 aliphatic heterocycles. The molecule has 122 valence electrons. The molecule has 0 radical (unpaired) electrons. The second kappa shape index (κ2) is 7.13. The first kappa shape index (κ1) is 16.0. The van der Waals surface area contributed by atoms with Gasteiger partial charge in [-0.05, 0) is 43.2 Å². The van der Waals surface area contributed by atoms with Gasteiger partial charge in [-0.25, -0.2) is 0 Å². The van der Waals surface area contributed by atoms with E-state index in [9.17, 15) is 4.79 Å². The number of aromatic nitrogens is 1. The number of nitrogens with one attached hydrogen (secondary N) is 1. The van der Waals surface area contributed by atoms with Gasteiger partial charge in [0.15, 0.2) is 6.61 Å². The van der Waals surface area contributed by atoms with Crippen LogP contribution < -0.4 is 10.1 Å². The Morgan fingerprint density at radius 2 is 1.83 bits per heavy atom. The molecule has 3 aromatic rings. The van der Waals surface area contributed by atoms with Crippen molar-refractivity contribution in [1.29, 1.82) is 0 Å². The highest BCUT2D eigenvalue weighted by molar-refractivity contribution is 5.83. The number of carbonyl (C=O) groups excluding carboxylic acids is 1. The number of para-hydroxylation sites is 2. The topological polar surface area (TPSA) is 51.2 Å². The van der Waals surface area contributed by atoms with E-state index in [4.69, 9.17) is 4.74 Å². The fourth-order valence-electron chi connectivity index (χ4n) is 2.65. The first-order valence-corrected chi connectivity index (χ1v) is 7.94. The molecule has 1 heterocycles. The van der Waals surface area contributed by atoms with E-state index in [1.165, 1.54) is 0 Å². The highest BCUT2D eigenvalue weighted by atomic mass is 16.5. The second-order valence-corrected chi connectivity index (χ2v) is 5.77. The molecule has 1 aromatic heterocycles. The van der Waals surface area contributed by atoms with E-state index in [0.29, 0.717) is 6.54 Å². The van der Waals surface area contributed by atoms with Crippen LogP contribution in [0.15, 0.2) is 54.6 Å². The number of ether oxygens (including phenoxy) is 1. The Morgan fingerprint density at radius 3 is 2.67 bits per heavy atom. The van der Waals surface area contributed by atoms with E-state index in [1.54, 1.807) is 0 Å². The van der Waals surface area contributed by atoms with Gasteiger partial charge in [0.25, 0.3) is 5.91 Å². The van der Waals surface area contributed by atoms with Crippen molar-refractivity contribution >= 4 is 16.8 Å². The van der Waals surface area contributed by atoms with Gasteiger partial charge in [-0.3, -0.25) is 9.78 Å². The molecule has 2 aromatic carbocycles. The van der Waals surface area contributed by atoms with Crippen molar-refractivity contribution in [3.05, 3.63) is 71.4 Å². The highest BCUT2D eigenvalue weighted by Gasteiger charge is 2.07. The molecule has 0 aliphatic carbocycles. The molecule has 0 saturated carbocycles. The Hall–Kier alpha value is -2.88. The molecule has 0 saturated heterocycles. The van der Waals surface area contributed by atoms with Crippen LogP contribution in [0.4, 0.5) is 0 Å². The zero-order valence-electron chi connectivity index (χ0n) is 13.9. The summed E-state index contributed by atoms with van der Waals surface area (Å²) in [6.45, 7) is 4.38. The quantitative estimate of drug-likeness (QED) is 0.782. The molecular weight excluding hydrogens is 300 g/mol. The van der Waals surface area contributed by atoms with Crippen LogP contribution in [-0.4, -0.2) is 17.5 Å². The van der Waals surface area contributed by atoms with Gasteiger partial charge in [-0.1, -0.05) is 36.4 Å². The van der Waals surface area contributed by atoms with Crippen LogP contribution in [0.5, 0.6) is 5.75 Å². The summed E-state index contributed by atoms with van der Waals surface area (Å²) in [6.07, 6.45) is 0. The summed E-state index contributed by atoms with van der Waals surface area (Å²) in [6, 6.07) is 17.6. The van der Waals surface area contributed by atoms with Crippen LogP contribution in [0.2, 0.25) is 0 Å². The largest absolute Gasteiger partial charge is 0.484 e. The predicted octanol–water partition coefficient (Wildman–Crippen LogP) is 3.55. The van der Waals surface area contributed by atoms with Crippen molar-refractivity contribution in [2.45, 2.75) is 20.4 Å². The number of aryl methyl sites for hydroxylation is 2. The molecule has 0 aliphatic rings. The van der Waals surface area contributed by atoms with Gasteiger partial charge < -0.3 is 10.1 Å². The second-order valence-electron chi connectivity index (χ2n) is 5.77. The fourth-order valence-corrected chi connectivity index (χ4v) is 2.65. The molecule has 1 N–H and O–H groups in total. The smallest absolute Gasteiger partial charge is 0.258 e. The van der Waals surface area contributed by atoms with Crippen LogP contribution in [-0.2, 0) is 11.3 Å². The molecule has 0 unspecified atom stereocenters. The van der Waals surface area contributed by atoms with Gasteiger partial charge in [0.1, 0.15) is 5.75 Å². The first-order valence-electron chi connectivity index (χ1n) is 7.94. The minimum Gasteiger partial charge on any atom is -0.484 e. The van der Waals surface area contributed by atoms with Gasteiger partial charge in [0.05, 0.1) is 5.52 Å². The number of pyridine rings is 1. The van der Waals surface area contributed by atoms with Crippen molar-refractivity contribution < 1.29 is 9.53 Å². The maximum atomic E-state index is 12.1. The van der Waals surface area contributed by atoms with E-state index in [0.717, 1.165) is 33.5 Å². The number of carbonyl (C=O) groups is 1. The lowest BCUT2D eigenvalue weighted by molar-refractivity contribution is -0.123. The SMILES string of the molecule is Cc1cc(CNC(=O)COc2ccccc2C)c2ccccc2n1. The average Bonchev–Trinajstić information content (AvgIpc) is 2.58. The number of amides is 1. The third kappa shape index (κ3) is 3.71. The van der Waals surface area contributed by atoms with Crippen molar-refractivity contribution in [2.75, 3.05) is 6.61 Å². The molecule has 1 amide bonds. The first-order chi connectivity index (χ1) is 11.6. The molecule has 4 heteroatoms. The van der Waals surface area contributed by atoms with E-state index < -0.39 is 0 Å². The third-order valence-corrected chi connectivity index (χ3v) is 3.86. The van der Waals surface area contributed by atoms with Gasteiger partial charge >= 0.3 is 0 Å². The van der Waals surface area contributed by atoms with Crippen LogP contribution in [0, 0.1) is 13.8 Å². The van der Waals surface area contributed by atoms with E-state index >= 15 is 0 Å². The number of nitrogens with zero attached hydrogens (tertiary/aromatic N) is 1. The maximum Gasteiger partial charge on any atom is 0.258 e. The van der Waals surface area contributed by atoms with Crippen LogP contribution in [0.3, 0.4) is 0 Å². The minimum atomic E-state index is -0.142. The standard InChI is InChI=1S/C20H20N2O2/c1-14-7-3-6-10-19(14)24-13-20(23)21-12-16-11-15(2)22-18-9-5-4-8-17(16)18/h3-11H,12-13H2,1-2H3,(H,21,23). The van der Waals surface area contributed by atoms with Crippen molar-refractivity contribution in [2.24, 2.45) is 0 Å². The lowest BCUT2D eigenvalue weighted by Gasteiger charge is -2.11. The summed E-state index contributed by atoms with van der Waals surface area (Å²) in [4.78, 5) is 16.6. The number of rotatable bonds is 5. The fraction of sp³-hybridized carbons (Fsp3) is 0.200. The zero-order valence-corrected chi connectivity index (χ0v) is 13.9. The molecule has 24 heavy (non-hydrogen) atoms. The number of benzene rings is 2. The lowest BCUT2D eigenvalue weighted by Crippen LogP contribution is -2.28. The van der Waals surface area contributed by atoms with E-state index in [-0.39, 0.29) is 12.5 Å². The van der Waals surface area contributed by atoms with Gasteiger partial charge in [-0.2, -0.15) is 0 Å². The van der Waals surface area contributed by atoms with E-state index in [1.807, 2.05) is 68.4 Å². The van der Waals surface area contributed by atoms with Crippen molar-refractivity contribution in [1.82, 2.24) is 10.3 Å². The molecule has 3 rings (SSSR count). The molecule has 0 spiro atoms. The predicted molar refractivity (Wildman–Crippen MR) is 95.0 cm³/mol. The number of hydrogen-bond acceptors (Lipinski definition) is 3. The number of fused-ring (bicyclic) bond motifs is 1. The third-order valence-electron chi connectivity index (χ3n) is 3.86. The van der Waals surface area contributed by atoms with Gasteiger partial charge in [-0.15, -0.1) is 0 Å². The van der Waals surface area contributed by atoms with Gasteiger partial charge in [0, 0.05) is 17.6 Å². The van der Waals surface area contributed by atoms with Crippen LogP contribution in [0.25, 0.3) is 10.9 Å². The Balaban J connectivity index is 1.63. The average molecular weight is 320 g/mol. The molecule has 4 nitrogen and oxygen atoms in total. The van der Waals surface area contributed by atoms with Crippen LogP contribution in [0.1, 0.15) is 16.8 Å². The summed E-state index contributed by atoms with van der Waals surface area (Å²) in [5.74, 6) is 0.592. The maximum absolute atomic E-state index is 12.1. The zero-order chi connectivity index (χ0) is 16.9. The highest BCUT2D eigenvalue weighted by Crippen LogP contribution is 2.18. The minimum absolute atomic E-state index is 0.00680. The van der Waals surface area contributed by atoms with Crippen molar-refractivity contribution in [3.63, 3.8) is 0 Å². The normalized spacial score (nSPS) is 10.6. The number of hydrogen-bond donors (Lipinski definition) is 1. The lowest BCUT2D eigenvalue weighted by atomic mass is 10.1. The molecule has 0 atom stereocenters. The summed E-state index contributed by atoms with van der Waals surface area (Å²) < 4.78 is 5.57. The Bertz CT molecular complexity index is 874. The van der Waals surface area contributed by atoms with E-state index in [2.05, 4.69) is 10.3 Å². The molecular formula is C20H20N2O2. The summed E-state index contributed by atoms with van der Waals surface area (Å²) in [7, 11) is 0. The Kier molecular flexibility index (Phi) is 4.75. The Morgan fingerprint density at radius 1 is 1.08 bits per heavy atom. The van der Waals surface area contributed by atoms with Crippen molar-refractivity contribution in [3.8, 4) is 5.75 Å². The summed E-state index contributed by atoms with van der Waals surface area (Å²) >= 11 is 0.